The molecule has 0 aliphatic rings. The highest BCUT2D eigenvalue weighted by molar-refractivity contribution is 5.93. The molecule has 0 spiro atoms. The topological polar surface area (TPSA) is 52.6 Å². The van der Waals surface area contributed by atoms with E-state index in [1.807, 2.05) is 0 Å². The Morgan fingerprint density at radius 1 is 0.739 bits per heavy atom. The van der Waals surface area contributed by atoms with Gasteiger partial charge in [0.1, 0.15) is 6.42 Å². The Hall–Kier alpha value is -2.90. The lowest BCUT2D eigenvalue weighted by atomic mass is 10.3. The largest absolute Gasteiger partial charge is 0.423 e. The summed E-state index contributed by atoms with van der Waals surface area (Å²) in [4.78, 5) is 22.9. The van der Waals surface area contributed by atoms with Crippen molar-refractivity contribution in [3.05, 3.63) is 59.7 Å². The van der Waals surface area contributed by atoms with Gasteiger partial charge in [-0.25, -0.2) is 8.78 Å². The molecule has 0 aliphatic carbocycles. The summed E-state index contributed by atoms with van der Waals surface area (Å²) in [5, 5.41) is 0. The number of benzene rings is 2. The summed E-state index contributed by atoms with van der Waals surface area (Å²) in [7, 11) is 0. The molecule has 0 aromatic heterocycles. The minimum atomic E-state index is -1.40. The van der Waals surface area contributed by atoms with E-state index in [0.29, 0.717) is 0 Å². The van der Waals surface area contributed by atoms with Crippen LogP contribution in [0.4, 0.5) is 17.6 Å². The number of hydrogen-bond donors (Lipinski definition) is 0. The SMILES string of the molecule is O=C(CC(=O)Oc1cccc(F)c1F)Oc1cccc(F)c1F. The number of ether oxygens (including phenoxy) is 2. The standard InChI is InChI=1S/C15H8F4O4/c16-8-3-1-5-10(14(8)18)22-12(20)7-13(21)23-11-6-2-4-9(17)15(11)19/h1-6H,7H2. The molecule has 2 aromatic carbocycles. The lowest BCUT2D eigenvalue weighted by Crippen LogP contribution is -2.19. The molecule has 0 unspecified atom stereocenters. The fraction of sp³-hybridized carbons (Fsp3) is 0.0667. The van der Waals surface area contributed by atoms with Crippen LogP contribution in [0.15, 0.2) is 36.4 Å². The number of hydrogen-bond acceptors (Lipinski definition) is 4. The molecule has 0 N–H and O–H groups in total. The van der Waals surface area contributed by atoms with Crippen molar-refractivity contribution in [1.29, 1.82) is 0 Å². The van der Waals surface area contributed by atoms with Gasteiger partial charge < -0.3 is 9.47 Å². The summed E-state index contributed by atoms with van der Waals surface area (Å²) >= 11 is 0. The van der Waals surface area contributed by atoms with Crippen molar-refractivity contribution in [2.75, 3.05) is 0 Å². The number of rotatable bonds is 4. The summed E-state index contributed by atoms with van der Waals surface area (Å²) in [6, 6.07) is 5.78. The van der Waals surface area contributed by atoms with Crippen LogP contribution in [0.2, 0.25) is 0 Å². The Balaban J connectivity index is 1.99. The Morgan fingerprint density at radius 2 is 1.13 bits per heavy atom. The molecule has 0 fully saturated rings. The zero-order chi connectivity index (χ0) is 17.0. The molecular formula is C15H8F4O4. The van der Waals surface area contributed by atoms with Crippen LogP contribution in [0.3, 0.4) is 0 Å². The van der Waals surface area contributed by atoms with E-state index in [1.54, 1.807) is 0 Å². The Labute approximate surface area is 127 Å². The molecule has 0 atom stereocenters. The molecular weight excluding hydrogens is 320 g/mol. The van der Waals surface area contributed by atoms with Gasteiger partial charge in [-0.3, -0.25) is 9.59 Å². The molecule has 0 amide bonds. The zero-order valence-corrected chi connectivity index (χ0v) is 11.3. The van der Waals surface area contributed by atoms with Crippen molar-refractivity contribution in [3.63, 3.8) is 0 Å². The second-order valence-electron chi connectivity index (χ2n) is 4.23. The molecule has 120 valence electrons. The summed E-state index contributed by atoms with van der Waals surface area (Å²) in [5.41, 5.74) is 0. The predicted octanol–water partition coefficient (Wildman–Crippen LogP) is 3.14. The average Bonchev–Trinajstić information content (AvgIpc) is 2.48. The summed E-state index contributed by atoms with van der Waals surface area (Å²) in [6.45, 7) is 0. The molecule has 8 heteroatoms. The first-order valence-corrected chi connectivity index (χ1v) is 6.18. The smallest absolute Gasteiger partial charge is 0.322 e. The molecule has 0 saturated heterocycles. The normalized spacial score (nSPS) is 10.3. The van der Waals surface area contributed by atoms with E-state index in [2.05, 4.69) is 9.47 Å². The molecule has 4 nitrogen and oxygen atoms in total. The van der Waals surface area contributed by atoms with E-state index < -0.39 is 53.1 Å². The van der Waals surface area contributed by atoms with Gasteiger partial charge in [-0.15, -0.1) is 0 Å². The van der Waals surface area contributed by atoms with Crippen LogP contribution in [-0.2, 0) is 9.59 Å². The second kappa shape index (κ2) is 6.91. The number of esters is 2. The molecule has 2 aromatic rings. The van der Waals surface area contributed by atoms with Crippen LogP contribution in [0.5, 0.6) is 11.5 Å². The number of carbonyl (C=O) groups excluding carboxylic acids is 2. The van der Waals surface area contributed by atoms with E-state index in [-0.39, 0.29) is 0 Å². The third-order valence-electron chi connectivity index (χ3n) is 2.57. The van der Waals surface area contributed by atoms with Crippen LogP contribution in [0.1, 0.15) is 6.42 Å². The fourth-order valence-electron chi connectivity index (χ4n) is 1.56. The molecule has 0 radical (unpaired) electrons. The number of carbonyl (C=O) groups is 2. The molecule has 0 bridgehead atoms. The van der Waals surface area contributed by atoms with Gasteiger partial charge in [0.05, 0.1) is 0 Å². The quantitative estimate of drug-likeness (QED) is 0.374. The maximum absolute atomic E-state index is 13.3. The second-order valence-corrected chi connectivity index (χ2v) is 4.23. The van der Waals surface area contributed by atoms with Gasteiger partial charge in [0, 0.05) is 0 Å². The Morgan fingerprint density at radius 3 is 1.52 bits per heavy atom. The third kappa shape index (κ3) is 4.06. The van der Waals surface area contributed by atoms with Gasteiger partial charge in [0.15, 0.2) is 23.1 Å². The zero-order valence-electron chi connectivity index (χ0n) is 11.3. The van der Waals surface area contributed by atoms with Crippen LogP contribution in [-0.4, -0.2) is 11.9 Å². The third-order valence-corrected chi connectivity index (χ3v) is 2.57. The predicted molar refractivity (Wildman–Crippen MR) is 68.6 cm³/mol. The molecule has 0 aliphatic heterocycles. The fourth-order valence-corrected chi connectivity index (χ4v) is 1.56. The molecule has 2 rings (SSSR count). The van der Waals surface area contributed by atoms with E-state index in [9.17, 15) is 27.2 Å². The highest BCUT2D eigenvalue weighted by Crippen LogP contribution is 2.21. The molecule has 0 saturated carbocycles. The highest BCUT2D eigenvalue weighted by Gasteiger charge is 2.19. The first-order valence-electron chi connectivity index (χ1n) is 6.18. The number of halogens is 4. The van der Waals surface area contributed by atoms with E-state index in [4.69, 9.17) is 0 Å². The van der Waals surface area contributed by atoms with Gasteiger partial charge in [-0.05, 0) is 24.3 Å². The molecule has 0 heterocycles. The lowest BCUT2D eigenvalue weighted by molar-refractivity contribution is -0.144. The summed E-state index contributed by atoms with van der Waals surface area (Å²) < 4.78 is 61.4. The summed E-state index contributed by atoms with van der Waals surface area (Å²) in [6.07, 6.45) is -1.01. The molecule has 23 heavy (non-hydrogen) atoms. The van der Waals surface area contributed by atoms with Gasteiger partial charge in [-0.2, -0.15) is 8.78 Å². The minimum Gasteiger partial charge on any atom is -0.423 e. The highest BCUT2D eigenvalue weighted by atomic mass is 19.2. The van der Waals surface area contributed by atoms with E-state index in [0.717, 1.165) is 36.4 Å². The minimum absolute atomic E-state index is 0.709. The monoisotopic (exact) mass is 328 g/mol. The van der Waals surface area contributed by atoms with Crippen molar-refractivity contribution < 1.29 is 36.6 Å². The van der Waals surface area contributed by atoms with Gasteiger partial charge in [0.25, 0.3) is 0 Å². The average molecular weight is 328 g/mol. The van der Waals surface area contributed by atoms with Crippen LogP contribution < -0.4 is 9.47 Å². The van der Waals surface area contributed by atoms with Gasteiger partial charge >= 0.3 is 11.9 Å². The van der Waals surface area contributed by atoms with E-state index in [1.165, 1.54) is 0 Å². The van der Waals surface area contributed by atoms with Crippen molar-refractivity contribution in [3.8, 4) is 11.5 Å². The lowest BCUT2D eigenvalue weighted by Gasteiger charge is -2.07. The first-order chi connectivity index (χ1) is 10.9. The van der Waals surface area contributed by atoms with Crippen LogP contribution in [0.25, 0.3) is 0 Å². The van der Waals surface area contributed by atoms with Crippen LogP contribution >= 0.6 is 0 Å². The maximum Gasteiger partial charge on any atom is 0.322 e. The first kappa shape index (κ1) is 16.5. The maximum atomic E-state index is 13.3. The van der Waals surface area contributed by atoms with E-state index >= 15 is 0 Å². The van der Waals surface area contributed by atoms with Crippen molar-refractivity contribution in [2.24, 2.45) is 0 Å². The van der Waals surface area contributed by atoms with Crippen molar-refractivity contribution in [2.45, 2.75) is 6.42 Å². The van der Waals surface area contributed by atoms with Gasteiger partial charge in [-0.1, -0.05) is 12.1 Å². The Kier molecular flexibility index (Phi) is 4.95. The Bertz CT molecular complexity index is 698. The summed E-state index contributed by atoms with van der Waals surface area (Å²) in [5.74, 6) is -9.19. The van der Waals surface area contributed by atoms with Gasteiger partial charge in [0.2, 0.25) is 11.6 Å². The van der Waals surface area contributed by atoms with Crippen molar-refractivity contribution in [1.82, 2.24) is 0 Å². The van der Waals surface area contributed by atoms with Crippen LogP contribution in [0, 0.1) is 23.3 Å². The van der Waals surface area contributed by atoms with Crippen molar-refractivity contribution >= 4 is 11.9 Å².